The highest BCUT2D eigenvalue weighted by molar-refractivity contribution is 6.03. The van der Waals surface area contributed by atoms with Gasteiger partial charge in [-0.2, -0.15) is 5.10 Å². The van der Waals surface area contributed by atoms with Gasteiger partial charge in [0.15, 0.2) is 11.3 Å². The van der Waals surface area contributed by atoms with E-state index in [0.29, 0.717) is 11.0 Å². The van der Waals surface area contributed by atoms with E-state index in [9.17, 15) is 18.8 Å². The Balaban J connectivity index is 1.42. The molecular weight excluding hydrogens is 427 g/mol. The summed E-state index contributed by atoms with van der Waals surface area (Å²) >= 11 is 0. The molecule has 2 aromatic heterocycles. The summed E-state index contributed by atoms with van der Waals surface area (Å²) in [5.41, 5.74) is 6.48. The van der Waals surface area contributed by atoms with E-state index in [2.05, 4.69) is 10.1 Å². The highest BCUT2D eigenvalue weighted by atomic mass is 19.1. The number of pyridine rings is 1. The number of rotatable bonds is 6. The van der Waals surface area contributed by atoms with E-state index in [1.54, 1.807) is 17.0 Å². The third kappa shape index (κ3) is 3.92. The zero-order valence-corrected chi connectivity index (χ0v) is 17.8. The van der Waals surface area contributed by atoms with E-state index in [-0.39, 0.29) is 37.2 Å². The Hall–Kier alpha value is -3.82. The normalized spacial score (nSPS) is 20.2. The third-order valence-corrected chi connectivity index (χ3v) is 6.06. The molecule has 2 aliphatic rings. The number of carbonyl (C=O) groups excluding carboxylic acids is 3. The molecule has 0 spiro atoms. The molecule has 1 aromatic carbocycles. The van der Waals surface area contributed by atoms with Gasteiger partial charge in [0.05, 0.1) is 11.9 Å². The molecule has 3 heterocycles. The fourth-order valence-electron chi connectivity index (χ4n) is 4.41. The Morgan fingerprint density at radius 3 is 2.58 bits per heavy atom. The van der Waals surface area contributed by atoms with Crippen molar-refractivity contribution in [2.45, 2.75) is 44.1 Å². The van der Waals surface area contributed by atoms with E-state index in [1.165, 1.54) is 15.8 Å². The number of aromatic nitrogens is 3. The smallest absolute Gasteiger partial charge is 0.269 e. The van der Waals surface area contributed by atoms with Crippen LogP contribution in [0.25, 0.3) is 11.0 Å². The summed E-state index contributed by atoms with van der Waals surface area (Å²) < 4.78 is 15.7. The number of nitrogens with two attached hydrogens (primary N) is 1. The highest BCUT2D eigenvalue weighted by Gasteiger charge is 2.45. The molecular formula is C23H23FN6O3. The number of hydrogen-bond donors (Lipinski definition) is 1. The van der Waals surface area contributed by atoms with Gasteiger partial charge < -0.3 is 15.5 Å². The molecule has 9 nitrogen and oxygen atoms in total. The maximum absolute atomic E-state index is 14.5. The minimum Gasteiger partial charge on any atom is -0.364 e. The van der Waals surface area contributed by atoms with Crippen LogP contribution in [0.1, 0.15) is 29.8 Å². The minimum atomic E-state index is -1.30. The van der Waals surface area contributed by atoms with Crippen molar-refractivity contribution in [2.24, 2.45) is 5.73 Å². The lowest BCUT2D eigenvalue weighted by molar-refractivity contribution is -0.138. The van der Waals surface area contributed by atoms with Crippen molar-refractivity contribution < 1.29 is 18.8 Å². The van der Waals surface area contributed by atoms with Gasteiger partial charge in [0.2, 0.25) is 11.8 Å². The first kappa shape index (κ1) is 21.0. The molecule has 3 aromatic rings. The Morgan fingerprint density at radius 1 is 1.12 bits per heavy atom. The summed E-state index contributed by atoms with van der Waals surface area (Å²) in [6.45, 7) is -0.454. The van der Waals surface area contributed by atoms with Gasteiger partial charge in [-0.1, -0.05) is 18.2 Å². The summed E-state index contributed by atoms with van der Waals surface area (Å²) in [6, 6.07) is 11.7. The minimum absolute atomic E-state index is 0.00676. The van der Waals surface area contributed by atoms with Crippen LogP contribution in [0.3, 0.4) is 0 Å². The number of likely N-dealkylation sites (tertiary alicyclic amines) is 1. The number of fused-ring (bicyclic) bond motifs is 1. The average molecular weight is 450 g/mol. The summed E-state index contributed by atoms with van der Waals surface area (Å²) in [5.74, 6) is -1.48. The average Bonchev–Trinajstić information content (AvgIpc) is 3.45. The Kier molecular flexibility index (Phi) is 5.27. The lowest BCUT2D eigenvalue weighted by Crippen LogP contribution is -2.49. The van der Waals surface area contributed by atoms with Crippen molar-refractivity contribution in [3.63, 3.8) is 0 Å². The second kappa shape index (κ2) is 8.27. The highest BCUT2D eigenvalue weighted by Crippen LogP contribution is 2.34. The molecule has 3 amide bonds. The quantitative estimate of drug-likeness (QED) is 0.614. The molecule has 1 saturated carbocycles. The van der Waals surface area contributed by atoms with Crippen LogP contribution in [0, 0.1) is 0 Å². The predicted molar refractivity (Wildman–Crippen MR) is 118 cm³/mol. The van der Waals surface area contributed by atoms with Crippen LogP contribution in [-0.4, -0.2) is 62.2 Å². The Labute approximate surface area is 189 Å². The molecule has 33 heavy (non-hydrogen) atoms. The van der Waals surface area contributed by atoms with Crippen LogP contribution in [0.2, 0.25) is 0 Å². The molecule has 1 aliphatic heterocycles. The second-order valence-electron chi connectivity index (χ2n) is 8.41. The first-order valence-corrected chi connectivity index (χ1v) is 10.9. The molecule has 1 aliphatic carbocycles. The molecule has 0 unspecified atom stereocenters. The van der Waals surface area contributed by atoms with Gasteiger partial charge in [0.1, 0.15) is 18.8 Å². The summed E-state index contributed by atoms with van der Waals surface area (Å²) in [7, 11) is 0. The van der Waals surface area contributed by atoms with Crippen molar-refractivity contribution in [1.29, 1.82) is 0 Å². The monoisotopic (exact) mass is 450 g/mol. The number of alkyl halides is 1. The zero-order valence-electron chi connectivity index (χ0n) is 17.8. The topological polar surface area (TPSA) is 114 Å². The van der Waals surface area contributed by atoms with Crippen LogP contribution >= 0.6 is 0 Å². The lowest BCUT2D eigenvalue weighted by Gasteiger charge is -2.30. The van der Waals surface area contributed by atoms with E-state index in [0.717, 1.165) is 18.5 Å². The second-order valence-corrected chi connectivity index (χ2v) is 8.41. The van der Waals surface area contributed by atoms with Gasteiger partial charge in [0.25, 0.3) is 5.91 Å². The van der Waals surface area contributed by atoms with Crippen molar-refractivity contribution >= 4 is 34.4 Å². The predicted octanol–water partition coefficient (Wildman–Crippen LogP) is 1.66. The van der Waals surface area contributed by atoms with Crippen LogP contribution in [0.5, 0.6) is 0 Å². The molecule has 2 N–H and O–H groups in total. The number of anilines is 1. The number of nitrogens with zero attached hydrogens (tertiary/aromatic N) is 5. The van der Waals surface area contributed by atoms with Crippen LogP contribution in [0.4, 0.5) is 10.1 Å². The summed E-state index contributed by atoms with van der Waals surface area (Å²) in [4.78, 5) is 45.7. The number of benzene rings is 1. The lowest BCUT2D eigenvalue weighted by atomic mass is 10.1. The Bertz CT molecular complexity index is 1230. The first-order valence-electron chi connectivity index (χ1n) is 10.9. The number of amides is 3. The number of para-hydroxylation sites is 1. The largest absolute Gasteiger partial charge is 0.364 e. The molecule has 1 saturated heterocycles. The molecule has 170 valence electrons. The number of hydrogen-bond acceptors (Lipinski definition) is 5. The third-order valence-electron chi connectivity index (χ3n) is 6.06. The zero-order chi connectivity index (χ0) is 23.1. The maximum Gasteiger partial charge on any atom is 0.269 e. The van der Waals surface area contributed by atoms with Crippen LogP contribution in [0.15, 0.2) is 48.7 Å². The van der Waals surface area contributed by atoms with Gasteiger partial charge in [0, 0.05) is 24.3 Å². The van der Waals surface area contributed by atoms with Crippen molar-refractivity contribution in [3.05, 3.63) is 54.4 Å². The molecule has 5 rings (SSSR count). The van der Waals surface area contributed by atoms with E-state index in [4.69, 9.17) is 5.73 Å². The fraction of sp³-hybridized carbons (Fsp3) is 0.348. The number of halogens is 1. The van der Waals surface area contributed by atoms with E-state index >= 15 is 0 Å². The van der Waals surface area contributed by atoms with Crippen molar-refractivity contribution in [2.75, 3.05) is 11.4 Å². The Morgan fingerprint density at radius 2 is 1.88 bits per heavy atom. The van der Waals surface area contributed by atoms with E-state index < -0.39 is 24.0 Å². The van der Waals surface area contributed by atoms with Crippen LogP contribution < -0.4 is 10.6 Å². The fourth-order valence-corrected chi connectivity index (χ4v) is 4.41. The SMILES string of the molecule is NC(=O)c1nn(CC(=O)N2C[C@H](F)C[C@H]2C(=O)N(c2ccccc2)C2CC2)c2ncccc12. The van der Waals surface area contributed by atoms with Gasteiger partial charge in [-0.15, -0.1) is 0 Å². The molecule has 10 heteroatoms. The molecule has 0 bridgehead atoms. The van der Waals surface area contributed by atoms with Crippen molar-refractivity contribution in [3.8, 4) is 0 Å². The summed E-state index contributed by atoms with van der Waals surface area (Å²) in [5, 5.41) is 4.58. The molecule has 2 atom stereocenters. The van der Waals surface area contributed by atoms with Gasteiger partial charge in [-0.3, -0.25) is 14.4 Å². The first-order chi connectivity index (χ1) is 15.9. The molecule has 0 radical (unpaired) electrons. The van der Waals surface area contributed by atoms with Crippen molar-refractivity contribution in [1.82, 2.24) is 19.7 Å². The van der Waals surface area contributed by atoms with Gasteiger partial charge in [-0.05, 0) is 37.1 Å². The number of primary amides is 1. The number of carbonyl (C=O) groups is 3. The summed E-state index contributed by atoms with van der Waals surface area (Å²) in [6.07, 6.45) is 1.92. The standard InChI is InChI=1S/C23H23FN6O3/c24-14-11-18(23(33)30(16-8-9-16)15-5-2-1-3-6-15)28(12-14)19(31)13-29-22-17(7-4-10-26-22)20(27-29)21(25)32/h1-7,10,14,16,18H,8-9,11-13H2,(H2,25,32)/t14-,18+/m1/s1. The van der Waals surface area contributed by atoms with Gasteiger partial charge in [-0.25, -0.2) is 14.1 Å². The molecule has 2 fully saturated rings. The van der Waals surface area contributed by atoms with Gasteiger partial charge >= 0.3 is 0 Å². The maximum atomic E-state index is 14.5. The van der Waals surface area contributed by atoms with Crippen LogP contribution in [-0.2, 0) is 16.1 Å². The van der Waals surface area contributed by atoms with E-state index in [1.807, 2.05) is 30.3 Å².